The molecule has 4 rings (SSSR count). The number of nitrogens with zero attached hydrogens (tertiary/aromatic N) is 3. The number of aryl methyl sites for hydroxylation is 1. The molecular weight excluding hydrogens is 361 g/mol. The van der Waals surface area contributed by atoms with Gasteiger partial charge >= 0.3 is 0 Å². The van der Waals surface area contributed by atoms with E-state index in [0.29, 0.717) is 0 Å². The molecular formula is C21H22FN3OS. The van der Waals surface area contributed by atoms with Crippen molar-refractivity contribution in [1.29, 1.82) is 0 Å². The summed E-state index contributed by atoms with van der Waals surface area (Å²) in [4.78, 5) is 0. The van der Waals surface area contributed by atoms with Gasteiger partial charge in [-0.2, -0.15) is 0 Å². The first-order valence-corrected chi connectivity index (χ1v) is 10.2. The summed E-state index contributed by atoms with van der Waals surface area (Å²) in [6.07, 6.45) is 2.31. The van der Waals surface area contributed by atoms with Crippen LogP contribution in [0.3, 0.4) is 0 Å². The van der Waals surface area contributed by atoms with Crippen molar-refractivity contribution in [3.63, 3.8) is 0 Å². The van der Waals surface area contributed by atoms with Gasteiger partial charge in [0.05, 0.1) is 12.6 Å². The number of rotatable bonds is 6. The molecule has 0 aliphatic carbocycles. The maximum atomic E-state index is 13.3. The maximum Gasteiger partial charge on any atom is 0.191 e. The molecule has 0 saturated carbocycles. The molecule has 0 N–H and O–H groups in total. The lowest BCUT2D eigenvalue weighted by atomic mass is 10.2. The first-order valence-electron chi connectivity index (χ1n) is 9.18. The van der Waals surface area contributed by atoms with Crippen molar-refractivity contribution in [3.8, 4) is 11.4 Å². The maximum absolute atomic E-state index is 13.3. The average Bonchev–Trinajstić information content (AvgIpc) is 3.31. The summed E-state index contributed by atoms with van der Waals surface area (Å²) in [7, 11) is 0. The molecule has 1 atom stereocenters. The van der Waals surface area contributed by atoms with Crippen molar-refractivity contribution in [2.75, 3.05) is 6.61 Å². The minimum Gasteiger partial charge on any atom is -0.376 e. The van der Waals surface area contributed by atoms with Gasteiger partial charge in [-0.25, -0.2) is 4.39 Å². The third-order valence-electron chi connectivity index (χ3n) is 4.68. The van der Waals surface area contributed by atoms with Crippen molar-refractivity contribution >= 4 is 11.8 Å². The quantitative estimate of drug-likeness (QED) is 0.570. The zero-order chi connectivity index (χ0) is 18.6. The summed E-state index contributed by atoms with van der Waals surface area (Å²) in [6, 6.07) is 14.9. The predicted molar refractivity (Wildman–Crippen MR) is 105 cm³/mol. The minimum absolute atomic E-state index is 0.179. The molecule has 1 fully saturated rings. The molecule has 27 heavy (non-hydrogen) atoms. The monoisotopic (exact) mass is 383 g/mol. The first kappa shape index (κ1) is 18.2. The van der Waals surface area contributed by atoms with Crippen LogP contribution in [0.1, 0.15) is 24.0 Å². The number of ether oxygens (including phenoxy) is 1. The van der Waals surface area contributed by atoms with Crippen LogP contribution >= 0.6 is 11.8 Å². The van der Waals surface area contributed by atoms with Gasteiger partial charge in [0, 0.05) is 17.9 Å². The van der Waals surface area contributed by atoms with Crippen LogP contribution in [0.5, 0.6) is 0 Å². The van der Waals surface area contributed by atoms with E-state index in [1.54, 1.807) is 23.9 Å². The normalized spacial score (nSPS) is 16.7. The fourth-order valence-corrected chi connectivity index (χ4v) is 4.21. The number of thioether (sulfide) groups is 1. The Morgan fingerprint density at radius 2 is 2.04 bits per heavy atom. The van der Waals surface area contributed by atoms with Crippen LogP contribution in [0.2, 0.25) is 0 Å². The van der Waals surface area contributed by atoms with Gasteiger partial charge in [-0.15, -0.1) is 10.2 Å². The van der Waals surface area contributed by atoms with Crippen molar-refractivity contribution in [2.24, 2.45) is 0 Å². The van der Waals surface area contributed by atoms with Crippen LogP contribution in [0.4, 0.5) is 4.39 Å². The molecule has 0 amide bonds. The van der Waals surface area contributed by atoms with Crippen LogP contribution in [-0.2, 0) is 17.0 Å². The zero-order valence-corrected chi connectivity index (χ0v) is 16.1. The van der Waals surface area contributed by atoms with E-state index in [2.05, 4.69) is 46.0 Å². The summed E-state index contributed by atoms with van der Waals surface area (Å²) in [5, 5.41) is 9.69. The Bertz CT molecular complexity index is 904. The lowest BCUT2D eigenvalue weighted by Crippen LogP contribution is -2.16. The highest BCUT2D eigenvalue weighted by Gasteiger charge is 2.21. The highest BCUT2D eigenvalue weighted by Crippen LogP contribution is 2.28. The molecule has 1 aliphatic rings. The van der Waals surface area contributed by atoms with E-state index < -0.39 is 0 Å². The van der Waals surface area contributed by atoms with Crippen LogP contribution in [0.25, 0.3) is 11.4 Å². The van der Waals surface area contributed by atoms with Gasteiger partial charge in [-0.05, 0) is 49.6 Å². The molecule has 140 valence electrons. The lowest BCUT2D eigenvalue weighted by Gasteiger charge is -2.15. The Morgan fingerprint density at radius 1 is 1.19 bits per heavy atom. The molecule has 2 aromatic carbocycles. The van der Waals surface area contributed by atoms with E-state index in [4.69, 9.17) is 4.74 Å². The van der Waals surface area contributed by atoms with Crippen LogP contribution in [-0.4, -0.2) is 27.5 Å². The molecule has 0 radical (unpaired) electrons. The number of aromatic nitrogens is 3. The second kappa shape index (κ2) is 8.23. The second-order valence-corrected chi connectivity index (χ2v) is 7.78. The van der Waals surface area contributed by atoms with Gasteiger partial charge in [0.15, 0.2) is 11.0 Å². The standard InChI is InChI=1S/C21H22FN3OS/c1-15-4-2-5-16(12-15)14-27-21-24-23-20(17-7-9-18(22)10-8-17)25(21)13-19-6-3-11-26-19/h2,4-5,7-10,12,19H,3,6,11,13-14H2,1H3/t19-/m1/s1. The van der Waals surface area contributed by atoms with E-state index >= 15 is 0 Å². The van der Waals surface area contributed by atoms with Gasteiger partial charge < -0.3 is 4.74 Å². The third kappa shape index (κ3) is 4.39. The lowest BCUT2D eigenvalue weighted by molar-refractivity contribution is 0.0953. The van der Waals surface area contributed by atoms with Crippen molar-refractivity contribution < 1.29 is 9.13 Å². The summed E-state index contributed by atoms with van der Waals surface area (Å²) in [6.45, 7) is 3.63. The Morgan fingerprint density at radius 3 is 2.78 bits per heavy atom. The summed E-state index contributed by atoms with van der Waals surface area (Å²) >= 11 is 1.67. The molecule has 0 spiro atoms. The number of halogens is 1. The fraction of sp³-hybridized carbons (Fsp3) is 0.333. The number of hydrogen-bond donors (Lipinski definition) is 0. The Hall–Kier alpha value is -2.18. The summed E-state index contributed by atoms with van der Waals surface area (Å²) in [5.41, 5.74) is 3.38. The van der Waals surface area contributed by atoms with E-state index in [9.17, 15) is 4.39 Å². The molecule has 6 heteroatoms. The van der Waals surface area contributed by atoms with Gasteiger partial charge in [0.25, 0.3) is 0 Å². The highest BCUT2D eigenvalue weighted by atomic mass is 32.2. The van der Waals surface area contributed by atoms with Gasteiger partial charge in [-0.3, -0.25) is 4.57 Å². The summed E-state index contributed by atoms with van der Waals surface area (Å²) in [5.74, 6) is 1.34. The van der Waals surface area contributed by atoms with Crippen molar-refractivity contribution in [3.05, 3.63) is 65.5 Å². The zero-order valence-electron chi connectivity index (χ0n) is 15.3. The molecule has 0 bridgehead atoms. The second-order valence-electron chi connectivity index (χ2n) is 6.84. The average molecular weight is 383 g/mol. The van der Waals surface area contributed by atoms with E-state index in [1.165, 1.54) is 23.3 Å². The topological polar surface area (TPSA) is 39.9 Å². The van der Waals surface area contributed by atoms with Crippen molar-refractivity contribution in [2.45, 2.75) is 43.3 Å². The van der Waals surface area contributed by atoms with E-state index in [0.717, 1.165) is 48.3 Å². The Labute approximate surface area is 162 Å². The molecule has 4 nitrogen and oxygen atoms in total. The Kier molecular flexibility index (Phi) is 5.55. The largest absolute Gasteiger partial charge is 0.376 e. The van der Waals surface area contributed by atoms with Gasteiger partial charge in [0.1, 0.15) is 5.82 Å². The molecule has 3 aromatic rings. The minimum atomic E-state index is -0.252. The highest BCUT2D eigenvalue weighted by molar-refractivity contribution is 7.98. The molecule has 2 heterocycles. The van der Waals surface area contributed by atoms with Gasteiger partial charge in [-0.1, -0.05) is 41.6 Å². The molecule has 0 unspecified atom stereocenters. The summed E-state index contributed by atoms with van der Waals surface area (Å²) < 4.78 is 21.2. The molecule has 1 saturated heterocycles. The third-order valence-corrected chi connectivity index (χ3v) is 5.72. The van der Waals surface area contributed by atoms with E-state index in [1.807, 2.05) is 0 Å². The SMILES string of the molecule is Cc1cccc(CSc2nnc(-c3ccc(F)cc3)n2C[C@H]2CCCO2)c1. The predicted octanol–water partition coefficient (Wildman–Crippen LogP) is 4.86. The van der Waals surface area contributed by atoms with Gasteiger partial charge in [0.2, 0.25) is 0 Å². The fourth-order valence-electron chi connectivity index (χ4n) is 3.31. The van der Waals surface area contributed by atoms with Crippen LogP contribution < -0.4 is 0 Å². The van der Waals surface area contributed by atoms with Crippen LogP contribution in [0, 0.1) is 12.7 Å². The smallest absolute Gasteiger partial charge is 0.191 e. The first-order chi connectivity index (χ1) is 13.2. The molecule has 1 aromatic heterocycles. The van der Waals surface area contributed by atoms with E-state index in [-0.39, 0.29) is 11.9 Å². The number of hydrogen-bond acceptors (Lipinski definition) is 4. The number of benzene rings is 2. The Balaban J connectivity index is 1.60. The van der Waals surface area contributed by atoms with Crippen molar-refractivity contribution in [1.82, 2.24) is 14.8 Å². The molecule has 1 aliphatic heterocycles. The van der Waals surface area contributed by atoms with Crippen LogP contribution in [0.15, 0.2) is 53.7 Å².